The monoisotopic (exact) mass is 269 g/mol. The van der Waals surface area contributed by atoms with Gasteiger partial charge in [0.15, 0.2) is 0 Å². The Bertz CT molecular complexity index is 271. The normalized spacial score (nSPS) is 20.2. The Morgan fingerprint density at radius 1 is 1.58 bits per heavy atom. The number of likely N-dealkylation sites (tertiary alicyclic amines) is 1. The molecule has 1 aliphatic heterocycles. The number of hydrogen-bond donors (Lipinski definition) is 2. The third-order valence-electron chi connectivity index (χ3n) is 3.33. The van der Waals surface area contributed by atoms with Gasteiger partial charge < -0.3 is 15.4 Å². The number of ether oxygens (including phenoxy) is 1. The van der Waals surface area contributed by atoms with Crippen molar-refractivity contribution in [2.45, 2.75) is 12.8 Å². The molecule has 1 aliphatic rings. The summed E-state index contributed by atoms with van der Waals surface area (Å²) in [6.45, 7) is 9.33. The molecule has 1 heterocycles. The van der Waals surface area contributed by atoms with Crippen LogP contribution >= 0.6 is 0 Å². The van der Waals surface area contributed by atoms with Crippen LogP contribution in [0.4, 0.5) is 0 Å². The zero-order valence-electron chi connectivity index (χ0n) is 12.0. The van der Waals surface area contributed by atoms with Crippen LogP contribution < -0.4 is 10.6 Å². The summed E-state index contributed by atoms with van der Waals surface area (Å²) in [4.78, 5) is 13.9. The van der Waals surface area contributed by atoms with Gasteiger partial charge in [-0.1, -0.05) is 6.08 Å². The number of rotatable bonds is 9. The molecule has 1 atom stereocenters. The number of methoxy groups -OCH3 is 1. The largest absolute Gasteiger partial charge is 0.383 e. The van der Waals surface area contributed by atoms with Gasteiger partial charge in [0.1, 0.15) is 0 Å². The van der Waals surface area contributed by atoms with Crippen molar-refractivity contribution in [3.05, 3.63) is 12.7 Å². The van der Waals surface area contributed by atoms with Gasteiger partial charge in [0.2, 0.25) is 5.91 Å². The van der Waals surface area contributed by atoms with Gasteiger partial charge >= 0.3 is 0 Å². The van der Waals surface area contributed by atoms with E-state index in [-0.39, 0.29) is 5.91 Å². The highest BCUT2D eigenvalue weighted by molar-refractivity contribution is 5.78. The lowest BCUT2D eigenvalue weighted by atomic mass is 9.98. The maximum absolute atomic E-state index is 11.6. The molecule has 1 rings (SSSR count). The second-order valence-corrected chi connectivity index (χ2v) is 5.03. The van der Waals surface area contributed by atoms with Gasteiger partial charge in [0, 0.05) is 26.7 Å². The van der Waals surface area contributed by atoms with E-state index >= 15 is 0 Å². The van der Waals surface area contributed by atoms with E-state index in [0.29, 0.717) is 19.0 Å². The molecule has 0 spiro atoms. The van der Waals surface area contributed by atoms with Crippen molar-refractivity contribution < 1.29 is 9.53 Å². The van der Waals surface area contributed by atoms with Crippen LogP contribution in [0.3, 0.4) is 0 Å². The van der Waals surface area contributed by atoms with Crippen LogP contribution in [0.25, 0.3) is 0 Å². The molecule has 0 radical (unpaired) electrons. The van der Waals surface area contributed by atoms with Crippen LogP contribution in [0.2, 0.25) is 0 Å². The quantitative estimate of drug-likeness (QED) is 0.465. The van der Waals surface area contributed by atoms with E-state index in [4.69, 9.17) is 4.74 Å². The zero-order chi connectivity index (χ0) is 13.9. The Kier molecular flexibility index (Phi) is 8.45. The van der Waals surface area contributed by atoms with Gasteiger partial charge in [0.25, 0.3) is 0 Å². The lowest BCUT2D eigenvalue weighted by Crippen LogP contribution is -2.44. The Morgan fingerprint density at radius 2 is 2.42 bits per heavy atom. The number of amides is 1. The highest BCUT2D eigenvalue weighted by Crippen LogP contribution is 2.15. The number of piperidine rings is 1. The van der Waals surface area contributed by atoms with Gasteiger partial charge in [-0.15, -0.1) is 6.58 Å². The third kappa shape index (κ3) is 7.30. The van der Waals surface area contributed by atoms with Crippen molar-refractivity contribution in [1.82, 2.24) is 15.5 Å². The molecule has 0 aliphatic carbocycles. The first-order valence-corrected chi connectivity index (χ1v) is 7.06. The minimum atomic E-state index is 0.0906. The van der Waals surface area contributed by atoms with Gasteiger partial charge in [-0.3, -0.25) is 9.69 Å². The number of carbonyl (C=O) groups excluding carboxylic acids is 1. The summed E-state index contributed by atoms with van der Waals surface area (Å²) in [7, 11) is 1.71. The van der Waals surface area contributed by atoms with Crippen molar-refractivity contribution in [3.8, 4) is 0 Å². The molecule has 2 N–H and O–H groups in total. The van der Waals surface area contributed by atoms with Gasteiger partial charge in [-0.25, -0.2) is 0 Å². The second kappa shape index (κ2) is 9.95. The fourth-order valence-corrected chi connectivity index (χ4v) is 2.39. The molecule has 1 amide bonds. The summed E-state index contributed by atoms with van der Waals surface area (Å²) in [5.41, 5.74) is 0. The van der Waals surface area contributed by atoms with E-state index in [0.717, 1.165) is 32.8 Å². The number of carbonyl (C=O) groups is 1. The Hall–Kier alpha value is -0.910. The SMILES string of the molecule is C=CCNC(=O)CN1CCCC(CNCCOC)C1. The standard InChI is InChI=1S/C14H27N3O2/c1-3-6-16-14(18)12-17-8-4-5-13(11-17)10-15-7-9-19-2/h3,13,15H,1,4-12H2,2H3,(H,16,18). The van der Waals surface area contributed by atoms with Gasteiger partial charge in [-0.2, -0.15) is 0 Å². The van der Waals surface area contributed by atoms with Gasteiger partial charge in [-0.05, 0) is 31.8 Å². The summed E-state index contributed by atoms with van der Waals surface area (Å²) in [5, 5.41) is 6.22. The topological polar surface area (TPSA) is 53.6 Å². The van der Waals surface area contributed by atoms with Crippen LogP contribution in [-0.2, 0) is 9.53 Å². The van der Waals surface area contributed by atoms with Crippen LogP contribution in [-0.4, -0.2) is 63.8 Å². The average molecular weight is 269 g/mol. The minimum Gasteiger partial charge on any atom is -0.383 e. The van der Waals surface area contributed by atoms with Crippen molar-refractivity contribution in [2.24, 2.45) is 5.92 Å². The molecule has 0 aromatic rings. The van der Waals surface area contributed by atoms with Gasteiger partial charge in [0.05, 0.1) is 13.2 Å². The molecule has 1 fully saturated rings. The van der Waals surface area contributed by atoms with Crippen LogP contribution in [0, 0.1) is 5.92 Å². The lowest BCUT2D eigenvalue weighted by molar-refractivity contribution is -0.122. The molecule has 0 saturated carbocycles. The summed E-state index contributed by atoms with van der Waals surface area (Å²) in [5.74, 6) is 0.728. The zero-order valence-corrected chi connectivity index (χ0v) is 12.0. The maximum atomic E-state index is 11.6. The van der Waals surface area contributed by atoms with E-state index in [9.17, 15) is 4.79 Å². The van der Waals surface area contributed by atoms with Crippen LogP contribution in [0.5, 0.6) is 0 Å². The molecule has 0 bridgehead atoms. The van der Waals surface area contributed by atoms with E-state index in [1.165, 1.54) is 12.8 Å². The summed E-state index contributed by atoms with van der Waals surface area (Å²) in [6, 6.07) is 0. The number of nitrogens with zero attached hydrogens (tertiary/aromatic N) is 1. The Labute approximate surface area is 116 Å². The molecule has 5 nitrogen and oxygen atoms in total. The predicted molar refractivity (Wildman–Crippen MR) is 77.1 cm³/mol. The summed E-state index contributed by atoms with van der Waals surface area (Å²) >= 11 is 0. The molecule has 1 saturated heterocycles. The van der Waals surface area contributed by atoms with E-state index in [1.807, 2.05) is 0 Å². The lowest BCUT2D eigenvalue weighted by Gasteiger charge is -2.32. The molecular weight excluding hydrogens is 242 g/mol. The molecule has 110 valence electrons. The fraction of sp³-hybridized carbons (Fsp3) is 0.786. The van der Waals surface area contributed by atoms with E-state index in [1.54, 1.807) is 13.2 Å². The van der Waals surface area contributed by atoms with Crippen molar-refractivity contribution in [2.75, 3.05) is 53.0 Å². The van der Waals surface area contributed by atoms with Crippen LogP contribution in [0.1, 0.15) is 12.8 Å². The fourth-order valence-electron chi connectivity index (χ4n) is 2.39. The van der Waals surface area contributed by atoms with Crippen molar-refractivity contribution in [3.63, 3.8) is 0 Å². The highest BCUT2D eigenvalue weighted by atomic mass is 16.5. The molecule has 0 aromatic carbocycles. The molecule has 1 unspecified atom stereocenters. The molecular formula is C14H27N3O2. The van der Waals surface area contributed by atoms with E-state index < -0.39 is 0 Å². The average Bonchev–Trinajstić information content (AvgIpc) is 2.42. The van der Waals surface area contributed by atoms with E-state index in [2.05, 4.69) is 22.1 Å². The minimum absolute atomic E-state index is 0.0906. The summed E-state index contributed by atoms with van der Waals surface area (Å²) in [6.07, 6.45) is 4.12. The first kappa shape index (κ1) is 16.1. The molecule has 0 aromatic heterocycles. The Morgan fingerprint density at radius 3 is 3.16 bits per heavy atom. The first-order valence-electron chi connectivity index (χ1n) is 7.06. The predicted octanol–water partition coefficient (Wildman–Crippen LogP) is 0.237. The number of nitrogens with one attached hydrogen (secondary N) is 2. The second-order valence-electron chi connectivity index (χ2n) is 5.03. The molecule has 5 heteroatoms. The highest BCUT2D eigenvalue weighted by Gasteiger charge is 2.20. The maximum Gasteiger partial charge on any atom is 0.234 e. The van der Waals surface area contributed by atoms with Crippen LogP contribution in [0.15, 0.2) is 12.7 Å². The number of hydrogen-bond acceptors (Lipinski definition) is 4. The Balaban J connectivity index is 2.18. The third-order valence-corrected chi connectivity index (χ3v) is 3.33. The first-order chi connectivity index (χ1) is 9.26. The summed E-state index contributed by atoms with van der Waals surface area (Å²) < 4.78 is 5.01. The van der Waals surface area contributed by atoms with Crippen molar-refractivity contribution in [1.29, 1.82) is 0 Å². The smallest absolute Gasteiger partial charge is 0.234 e. The molecule has 19 heavy (non-hydrogen) atoms. The van der Waals surface area contributed by atoms with Crippen molar-refractivity contribution >= 4 is 5.91 Å².